The van der Waals surface area contributed by atoms with E-state index in [-0.39, 0.29) is 24.0 Å². The minimum absolute atomic E-state index is 0.0492. The van der Waals surface area contributed by atoms with Gasteiger partial charge in [-0.15, -0.1) is 0 Å². The van der Waals surface area contributed by atoms with Crippen molar-refractivity contribution in [1.29, 1.82) is 5.41 Å². The summed E-state index contributed by atoms with van der Waals surface area (Å²) in [5.74, 6) is -1.84. The number of hydrogen-bond acceptors (Lipinski definition) is 6. The normalized spacial score (nSPS) is 16.6. The second-order valence-electron chi connectivity index (χ2n) is 8.63. The van der Waals surface area contributed by atoms with Gasteiger partial charge in [-0.1, -0.05) is 35.9 Å². The van der Waals surface area contributed by atoms with Gasteiger partial charge in [0, 0.05) is 41.6 Å². The first-order valence-electron chi connectivity index (χ1n) is 11.1. The predicted octanol–water partition coefficient (Wildman–Crippen LogP) is 1.76. The largest absolute Gasteiger partial charge is 0.480 e. The number of rotatable bonds is 8. The van der Waals surface area contributed by atoms with Crippen LogP contribution in [0.4, 0.5) is 0 Å². The molecule has 1 saturated heterocycles. The Morgan fingerprint density at radius 1 is 1.24 bits per heavy atom. The molecule has 1 aliphatic heterocycles. The number of H-pyrrole nitrogens is 1. The number of aliphatic carboxylic acids is 1. The number of nitrogens with zero attached hydrogens (tertiary/aromatic N) is 3. The molecule has 0 unspecified atom stereocenters. The van der Waals surface area contributed by atoms with Gasteiger partial charge in [0.2, 0.25) is 5.91 Å². The lowest BCUT2D eigenvalue weighted by Gasteiger charge is -2.38. The van der Waals surface area contributed by atoms with Crippen molar-refractivity contribution >= 4 is 56.5 Å². The fourth-order valence-corrected chi connectivity index (χ4v) is 5.70. The molecule has 194 valence electrons. The molecule has 13 heteroatoms. The van der Waals surface area contributed by atoms with Crippen LogP contribution in [0.5, 0.6) is 0 Å². The van der Waals surface area contributed by atoms with Gasteiger partial charge in [-0.2, -0.15) is 4.31 Å². The summed E-state index contributed by atoms with van der Waals surface area (Å²) in [4.78, 5) is 41.2. The summed E-state index contributed by atoms with van der Waals surface area (Å²) in [5.41, 5.74) is 1.69. The summed E-state index contributed by atoms with van der Waals surface area (Å²) >= 11 is 5.98. The Labute approximate surface area is 217 Å². The highest BCUT2D eigenvalue weighted by atomic mass is 35.5. The van der Waals surface area contributed by atoms with Crippen molar-refractivity contribution in [2.75, 3.05) is 26.7 Å². The lowest BCUT2D eigenvalue weighted by molar-refractivity contribution is -0.154. The van der Waals surface area contributed by atoms with Gasteiger partial charge >= 0.3 is 5.97 Å². The van der Waals surface area contributed by atoms with Crippen LogP contribution in [0.25, 0.3) is 10.9 Å². The van der Waals surface area contributed by atoms with Gasteiger partial charge in [0.15, 0.2) is 0 Å². The number of benzene rings is 2. The molecule has 11 nitrogen and oxygen atoms in total. The third-order valence-corrected chi connectivity index (χ3v) is 8.12. The summed E-state index contributed by atoms with van der Waals surface area (Å²) in [6, 6.07) is 11.4. The highest BCUT2D eigenvalue weighted by Gasteiger charge is 2.42. The number of likely N-dealkylation sites (N-methyl/N-ethyl adjacent to an activating group) is 1. The summed E-state index contributed by atoms with van der Waals surface area (Å²) in [7, 11) is -2.58. The van der Waals surface area contributed by atoms with Crippen LogP contribution in [0, 0.1) is 5.41 Å². The molecule has 1 fully saturated rings. The Bertz CT molecular complexity index is 1490. The van der Waals surface area contributed by atoms with Crippen LogP contribution in [0.2, 0.25) is 5.02 Å². The second-order valence-corrected chi connectivity index (χ2v) is 11.0. The highest BCUT2D eigenvalue weighted by molar-refractivity contribution is 7.89. The molecule has 0 radical (unpaired) electrons. The molecule has 3 N–H and O–H groups in total. The molecule has 0 spiro atoms. The predicted molar refractivity (Wildman–Crippen MR) is 136 cm³/mol. The number of amidine groups is 1. The van der Waals surface area contributed by atoms with E-state index in [1.807, 2.05) is 0 Å². The Morgan fingerprint density at radius 2 is 1.95 bits per heavy atom. The summed E-state index contributed by atoms with van der Waals surface area (Å²) in [6.07, 6.45) is 0.689. The molecule has 37 heavy (non-hydrogen) atoms. The van der Waals surface area contributed by atoms with Crippen molar-refractivity contribution in [2.45, 2.75) is 17.6 Å². The number of carboxylic acid groups (broad SMARTS) is 1. The summed E-state index contributed by atoms with van der Waals surface area (Å²) < 4.78 is 27.4. The fourth-order valence-electron chi connectivity index (χ4n) is 4.11. The van der Waals surface area contributed by atoms with Gasteiger partial charge in [-0.25, -0.2) is 13.2 Å². The first-order valence-corrected chi connectivity index (χ1v) is 13.0. The van der Waals surface area contributed by atoms with Crippen molar-refractivity contribution in [2.24, 2.45) is 0 Å². The van der Waals surface area contributed by atoms with Crippen LogP contribution < -0.4 is 0 Å². The lowest BCUT2D eigenvalue weighted by Crippen LogP contribution is -2.60. The molecule has 0 aliphatic carbocycles. The fraction of sp³-hybridized carbons (Fsp3) is 0.250. The van der Waals surface area contributed by atoms with Gasteiger partial charge < -0.3 is 24.7 Å². The molecule has 1 amide bonds. The van der Waals surface area contributed by atoms with Crippen molar-refractivity contribution < 1.29 is 27.9 Å². The number of carbonyl (C=O) groups is 3. The molecule has 2 heterocycles. The number of nitrogens with one attached hydrogen (secondary N) is 2. The molecule has 1 aromatic heterocycles. The van der Waals surface area contributed by atoms with Crippen LogP contribution >= 0.6 is 11.6 Å². The third kappa shape index (κ3) is 5.36. The maximum absolute atomic E-state index is 13.3. The number of halogens is 1. The molecule has 0 bridgehead atoms. The molecule has 1 atom stereocenters. The standard InChI is InChI=1S/C24H24ClN5O6S/c1-28(8-9-31)23(26)16-4-2-15(3-5-16)12-30-20(24(33)34)13-29(14-22(30)32)37(35,36)21-11-17-10-18(25)6-7-19(17)27-21/h2-7,9-11,20,26-27H,8,12-14H2,1H3,(H,33,34)/t20-/m1/s1. The van der Waals surface area contributed by atoms with E-state index >= 15 is 0 Å². The number of sulfonamides is 1. The van der Waals surface area contributed by atoms with Crippen molar-refractivity contribution in [1.82, 2.24) is 19.1 Å². The number of carbonyl (C=O) groups excluding carboxylic acids is 2. The Morgan fingerprint density at radius 3 is 2.59 bits per heavy atom. The van der Waals surface area contributed by atoms with E-state index in [1.54, 1.807) is 49.5 Å². The monoisotopic (exact) mass is 545 g/mol. The van der Waals surface area contributed by atoms with E-state index < -0.39 is 41.0 Å². The molecule has 2 aromatic carbocycles. The number of amides is 1. The number of aromatic amines is 1. The smallest absolute Gasteiger partial charge is 0.327 e. The zero-order valence-electron chi connectivity index (χ0n) is 19.7. The Kier molecular flexibility index (Phi) is 7.35. The zero-order chi connectivity index (χ0) is 26.9. The van der Waals surface area contributed by atoms with Crippen molar-refractivity contribution in [3.05, 3.63) is 64.7 Å². The molecule has 0 saturated carbocycles. The average molecular weight is 546 g/mol. The third-order valence-electron chi connectivity index (χ3n) is 6.16. The first-order chi connectivity index (χ1) is 17.5. The Balaban J connectivity index is 1.53. The maximum Gasteiger partial charge on any atom is 0.327 e. The zero-order valence-corrected chi connectivity index (χ0v) is 21.3. The first kappa shape index (κ1) is 26.3. The van der Waals surface area contributed by atoms with E-state index in [0.717, 1.165) is 9.21 Å². The quantitative estimate of drug-likeness (QED) is 0.221. The van der Waals surface area contributed by atoms with Crippen LogP contribution in [-0.2, 0) is 31.0 Å². The molecule has 4 rings (SSSR count). The molecular formula is C24H24ClN5O6S. The van der Waals surface area contributed by atoms with Crippen molar-refractivity contribution in [3.8, 4) is 0 Å². The maximum atomic E-state index is 13.3. The van der Waals surface area contributed by atoms with Gasteiger partial charge in [0.05, 0.1) is 13.1 Å². The minimum Gasteiger partial charge on any atom is -0.480 e. The van der Waals surface area contributed by atoms with Crippen LogP contribution in [0.3, 0.4) is 0 Å². The topological polar surface area (TPSA) is 155 Å². The SMILES string of the molecule is CN(CC=O)C(=N)c1ccc(CN2C(=O)CN(S(=O)(=O)c3cc4cc(Cl)ccc4[nH]3)C[C@@H]2C(=O)O)cc1. The highest BCUT2D eigenvalue weighted by Crippen LogP contribution is 2.26. The number of hydrogen-bond donors (Lipinski definition) is 3. The van der Waals surface area contributed by atoms with E-state index in [2.05, 4.69) is 4.98 Å². The van der Waals surface area contributed by atoms with Gasteiger partial charge in [-0.05, 0) is 29.8 Å². The minimum atomic E-state index is -4.19. The van der Waals surface area contributed by atoms with Crippen LogP contribution in [0.15, 0.2) is 53.6 Å². The number of fused-ring (bicyclic) bond motifs is 1. The van der Waals surface area contributed by atoms with E-state index in [0.29, 0.717) is 33.3 Å². The number of carboxylic acids is 1. The molecule has 1 aliphatic rings. The number of aromatic nitrogens is 1. The molecular weight excluding hydrogens is 522 g/mol. The number of piperazine rings is 1. The average Bonchev–Trinajstić information content (AvgIpc) is 3.29. The van der Waals surface area contributed by atoms with Gasteiger partial charge in [0.25, 0.3) is 10.0 Å². The van der Waals surface area contributed by atoms with E-state index in [4.69, 9.17) is 17.0 Å². The van der Waals surface area contributed by atoms with Gasteiger partial charge in [0.1, 0.15) is 23.2 Å². The Hall–Kier alpha value is -3.74. The van der Waals surface area contributed by atoms with E-state index in [1.165, 1.54) is 11.0 Å². The van der Waals surface area contributed by atoms with Gasteiger partial charge in [-0.3, -0.25) is 10.2 Å². The summed E-state index contributed by atoms with van der Waals surface area (Å²) in [6.45, 7) is -0.915. The summed E-state index contributed by atoms with van der Waals surface area (Å²) in [5, 5.41) is 18.8. The van der Waals surface area contributed by atoms with Crippen LogP contribution in [-0.4, -0.2) is 89.3 Å². The van der Waals surface area contributed by atoms with Crippen LogP contribution in [0.1, 0.15) is 11.1 Å². The van der Waals surface area contributed by atoms with Crippen molar-refractivity contribution in [3.63, 3.8) is 0 Å². The molecule has 3 aromatic rings. The lowest BCUT2D eigenvalue weighted by atomic mass is 10.1. The second kappa shape index (κ2) is 10.3. The van der Waals surface area contributed by atoms with E-state index in [9.17, 15) is 27.9 Å². The number of aldehydes is 1.